The minimum atomic E-state index is 0.557. The lowest BCUT2D eigenvalue weighted by Gasteiger charge is -2.47. The molecule has 1 aromatic rings. The van der Waals surface area contributed by atoms with Gasteiger partial charge in [-0.25, -0.2) is 0 Å². The van der Waals surface area contributed by atoms with Crippen molar-refractivity contribution in [2.75, 3.05) is 27.3 Å². The number of hydrogen-bond acceptors (Lipinski definition) is 3. The second-order valence-corrected chi connectivity index (χ2v) is 7.96. The third-order valence-electron chi connectivity index (χ3n) is 6.07. The lowest BCUT2D eigenvalue weighted by Crippen LogP contribution is -2.46. The molecule has 3 heteroatoms. The van der Waals surface area contributed by atoms with Crippen LogP contribution in [0.1, 0.15) is 57.2 Å². The van der Waals surface area contributed by atoms with Crippen molar-refractivity contribution < 1.29 is 9.47 Å². The number of fused-ring (bicyclic) bond motifs is 3. The average Bonchev–Trinajstić information content (AvgIpc) is 2.59. The third kappa shape index (κ3) is 3.28. The lowest BCUT2D eigenvalue weighted by atomic mass is 9.73. The molecule has 3 nitrogen and oxygen atoms in total. The van der Waals surface area contributed by atoms with Crippen molar-refractivity contribution in [3.63, 3.8) is 0 Å². The first-order valence-electron chi connectivity index (χ1n) is 9.56. The molecule has 0 amide bonds. The zero-order valence-corrected chi connectivity index (χ0v) is 16.0. The molecule has 2 heterocycles. The van der Waals surface area contributed by atoms with Gasteiger partial charge in [0.05, 0.1) is 14.2 Å². The zero-order valence-electron chi connectivity index (χ0n) is 16.0. The average molecular weight is 332 g/mol. The second kappa shape index (κ2) is 7.35. The highest BCUT2D eigenvalue weighted by Crippen LogP contribution is 2.46. The number of piperidine rings is 1. The van der Waals surface area contributed by atoms with Crippen molar-refractivity contribution in [1.29, 1.82) is 0 Å². The van der Waals surface area contributed by atoms with Crippen LogP contribution in [0, 0.1) is 17.8 Å². The normalized spacial score (nSPS) is 26.8. The van der Waals surface area contributed by atoms with Crippen LogP contribution in [0.2, 0.25) is 0 Å². The predicted molar refractivity (Wildman–Crippen MR) is 98.9 cm³/mol. The van der Waals surface area contributed by atoms with Crippen LogP contribution in [-0.2, 0) is 6.42 Å². The first kappa shape index (κ1) is 17.6. The molecule has 0 aliphatic carbocycles. The molecule has 0 aromatic heterocycles. The number of benzene rings is 1. The fraction of sp³-hybridized carbons (Fsp3) is 0.714. The van der Waals surface area contributed by atoms with Crippen LogP contribution >= 0.6 is 0 Å². The summed E-state index contributed by atoms with van der Waals surface area (Å²) in [4.78, 5) is 2.73. The van der Waals surface area contributed by atoms with Crippen LogP contribution in [0.25, 0.3) is 0 Å². The Bertz CT molecular complexity index is 569. The number of nitrogens with zero attached hydrogens (tertiary/aromatic N) is 1. The van der Waals surface area contributed by atoms with E-state index in [0.29, 0.717) is 6.04 Å². The van der Waals surface area contributed by atoms with Gasteiger partial charge in [0.15, 0.2) is 11.5 Å². The molecule has 2 aliphatic heterocycles. The largest absolute Gasteiger partial charge is 0.493 e. The molecule has 1 aromatic carbocycles. The van der Waals surface area contributed by atoms with Gasteiger partial charge in [-0.2, -0.15) is 0 Å². The molecule has 0 bridgehead atoms. The molecule has 0 N–H and O–H groups in total. The molecule has 3 rings (SSSR count). The second-order valence-electron chi connectivity index (χ2n) is 7.96. The SMILES string of the molecule is CC[C@@H]1C[C@@H]2c3cc(OC)c(OC)cc3CCN2C[C@H]1CC(C)C. The molecule has 0 unspecified atom stereocenters. The summed E-state index contributed by atoms with van der Waals surface area (Å²) in [5.41, 5.74) is 2.92. The number of rotatable bonds is 5. The summed E-state index contributed by atoms with van der Waals surface area (Å²) < 4.78 is 11.1. The van der Waals surface area contributed by atoms with E-state index in [-0.39, 0.29) is 0 Å². The zero-order chi connectivity index (χ0) is 17.3. The standard InChI is InChI=1S/C21H33NO2/c1-6-15-10-19-18-12-21(24-5)20(23-4)11-16(18)7-8-22(19)13-17(15)9-14(2)3/h11-12,14-15,17,19H,6-10,13H2,1-5H3/t15-,17-,19-/m1/s1. The van der Waals surface area contributed by atoms with Crippen LogP contribution in [0.3, 0.4) is 0 Å². The molecule has 2 aliphatic rings. The van der Waals surface area contributed by atoms with Crippen molar-refractivity contribution in [2.45, 2.75) is 52.5 Å². The van der Waals surface area contributed by atoms with Crippen molar-refractivity contribution in [3.8, 4) is 11.5 Å². The fourth-order valence-electron chi connectivity index (χ4n) is 4.88. The lowest BCUT2D eigenvalue weighted by molar-refractivity contribution is 0.0428. The Morgan fingerprint density at radius 2 is 1.83 bits per heavy atom. The Labute approximate surface area is 147 Å². The Kier molecular flexibility index (Phi) is 5.39. The summed E-state index contributed by atoms with van der Waals surface area (Å²) in [6, 6.07) is 4.99. The molecule has 134 valence electrons. The summed E-state index contributed by atoms with van der Waals surface area (Å²) in [6.07, 6.45) is 5.07. The van der Waals surface area contributed by atoms with Crippen LogP contribution in [0.4, 0.5) is 0 Å². The van der Waals surface area contributed by atoms with E-state index in [9.17, 15) is 0 Å². The topological polar surface area (TPSA) is 21.7 Å². The highest BCUT2D eigenvalue weighted by Gasteiger charge is 2.38. The van der Waals surface area contributed by atoms with Crippen molar-refractivity contribution >= 4 is 0 Å². The van der Waals surface area contributed by atoms with E-state index in [1.807, 2.05) is 0 Å². The van der Waals surface area contributed by atoms with E-state index in [2.05, 4.69) is 37.8 Å². The highest BCUT2D eigenvalue weighted by atomic mass is 16.5. The number of methoxy groups -OCH3 is 2. The van der Waals surface area contributed by atoms with Crippen LogP contribution < -0.4 is 9.47 Å². The monoisotopic (exact) mass is 331 g/mol. The maximum atomic E-state index is 5.57. The van der Waals surface area contributed by atoms with Gasteiger partial charge >= 0.3 is 0 Å². The Balaban J connectivity index is 1.89. The van der Waals surface area contributed by atoms with E-state index >= 15 is 0 Å². The molecule has 1 fully saturated rings. The molecule has 0 spiro atoms. The summed E-state index contributed by atoms with van der Waals surface area (Å²) in [6.45, 7) is 9.53. The molecule has 0 saturated carbocycles. The summed E-state index contributed by atoms with van der Waals surface area (Å²) >= 11 is 0. The smallest absolute Gasteiger partial charge is 0.161 e. The molecule has 1 saturated heterocycles. The van der Waals surface area contributed by atoms with E-state index in [1.54, 1.807) is 14.2 Å². The minimum absolute atomic E-state index is 0.557. The first-order chi connectivity index (χ1) is 11.6. The van der Waals surface area contributed by atoms with E-state index in [0.717, 1.165) is 35.7 Å². The van der Waals surface area contributed by atoms with Gasteiger partial charge in [0.2, 0.25) is 0 Å². The van der Waals surface area contributed by atoms with E-state index in [4.69, 9.17) is 9.47 Å². The van der Waals surface area contributed by atoms with E-state index in [1.165, 1.54) is 43.5 Å². The molecule has 3 atom stereocenters. The Morgan fingerprint density at radius 1 is 1.12 bits per heavy atom. The number of hydrogen-bond donors (Lipinski definition) is 0. The van der Waals surface area contributed by atoms with Gasteiger partial charge < -0.3 is 9.47 Å². The summed E-state index contributed by atoms with van der Waals surface area (Å²) in [5, 5.41) is 0. The predicted octanol–water partition coefficient (Wildman–Crippen LogP) is 4.70. The van der Waals surface area contributed by atoms with Gasteiger partial charge in [-0.3, -0.25) is 4.90 Å². The van der Waals surface area contributed by atoms with Gasteiger partial charge in [-0.1, -0.05) is 27.2 Å². The van der Waals surface area contributed by atoms with Crippen molar-refractivity contribution in [1.82, 2.24) is 4.90 Å². The summed E-state index contributed by atoms with van der Waals surface area (Å²) in [7, 11) is 3.46. The quantitative estimate of drug-likeness (QED) is 0.781. The minimum Gasteiger partial charge on any atom is -0.493 e. The third-order valence-corrected chi connectivity index (χ3v) is 6.07. The molecular formula is C21H33NO2. The highest BCUT2D eigenvalue weighted by molar-refractivity contribution is 5.49. The maximum Gasteiger partial charge on any atom is 0.161 e. The van der Waals surface area contributed by atoms with E-state index < -0.39 is 0 Å². The van der Waals surface area contributed by atoms with Gasteiger partial charge in [0.25, 0.3) is 0 Å². The van der Waals surface area contributed by atoms with Crippen molar-refractivity contribution in [2.24, 2.45) is 17.8 Å². The van der Waals surface area contributed by atoms with Gasteiger partial charge in [-0.05, 0) is 60.3 Å². The number of ether oxygens (including phenoxy) is 2. The van der Waals surface area contributed by atoms with Crippen LogP contribution in [0.5, 0.6) is 11.5 Å². The first-order valence-corrected chi connectivity index (χ1v) is 9.56. The fourth-order valence-corrected chi connectivity index (χ4v) is 4.88. The molecule has 24 heavy (non-hydrogen) atoms. The Hall–Kier alpha value is -1.22. The molecular weight excluding hydrogens is 298 g/mol. The Morgan fingerprint density at radius 3 is 2.46 bits per heavy atom. The maximum absolute atomic E-state index is 5.57. The van der Waals surface area contributed by atoms with Crippen LogP contribution in [0.15, 0.2) is 12.1 Å². The van der Waals surface area contributed by atoms with Gasteiger partial charge in [0.1, 0.15) is 0 Å². The summed E-state index contributed by atoms with van der Waals surface area (Å²) in [5.74, 6) is 4.23. The van der Waals surface area contributed by atoms with Gasteiger partial charge in [-0.15, -0.1) is 0 Å². The molecule has 0 radical (unpaired) electrons. The van der Waals surface area contributed by atoms with Crippen LogP contribution in [-0.4, -0.2) is 32.2 Å². The van der Waals surface area contributed by atoms with Gasteiger partial charge in [0, 0.05) is 19.1 Å². The van der Waals surface area contributed by atoms with Crippen molar-refractivity contribution in [3.05, 3.63) is 23.3 Å².